The van der Waals surface area contributed by atoms with E-state index in [9.17, 15) is 14.7 Å². The number of benzene rings is 2. The van der Waals surface area contributed by atoms with Gasteiger partial charge in [-0.3, -0.25) is 9.59 Å². The molecule has 1 heterocycles. The summed E-state index contributed by atoms with van der Waals surface area (Å²) in [5.41, 5.74) is 0.758. The Labute approximate surface area is 170 Å². The number of carbonyl (C=O) groups excluding carboxylic acids is 1. The topological polar surface area (TPSA) is 88.5 Å². The van der Waals surface area contributed by atoms with E-state index in [1.54, 1.807) is 0 Å². The van der Waals surface area contributed by atoms with Crippen LogP contribution in [0.4, 0.5) is 5.13 Å². The number of fused-ring (bicyclic) bond motifs is 3. The maximum Gasteiger partial charge on any atom is 0.307 e. The van der Waals surface area contributed by atoms with E-state index in [0.717, 1.165) is 22.4 Å². The first-order chi connectivity index (χ1) is 14.1. The second-order valence-corrected chi connectivity index (χ2v) is 8.42. The minimum absolute atomic E-state index is 0.0126. The van der Waals surface area contributed by atoms with Crippen LogP contribution in [-0.4, -0.2) is 22.0 Å². The van der Waals surface area contributed by atoms with Crippen LogP contribution < -0.4 is 10.1 Å². The molecule has 2 bridgehead atoms. The van der Waals surface area contributed by atoms with Gasteiger partial charge in [0.15, 0.2) is 5.13 Å². The summed E-state index contributed by atoms with van der Waals surface area (Å²) in [6.45, 7) is 0. The van der Waals surface area contributed by atoms with Crippen molar-refractivity contribution < 1.29 is 19.4 Å². The molecule has 29 heavy (non-hydrogen) atoms. The summed E-state index contributed by atoms with van der Waals surface area (Å²) in [4.78, 5) is 29.0. The lowest BCUT2D eigenvalue weighted by Crippen LogP contribution is -2.36. The van der Waals surface area contributed by atoms with Crippen molar-refractivity contribution in [1.29, 1.82) is 0 Å². The molecule has 2 N–H and O–H groups in total. The van der Waals surface area contributed by atoms with Crippen LogP contribution in [-0.2, 0) is 9.59 Å². The van der Waals surface area contributed by atoms with Gasteiger partial charge in [-0.25, -0.2) is 4.98 Å². The second-order valence-electron chi connectivity index (χ2n) is 7.39. The molecule has 0 unspecified atom stereocenters. The van der Waals surface area contributed by atoms with Crippen molar-refractivity contribution in [3.05, 3.63) is 60.7 Å². The maximum atomic E-state index is 12.8. The Hall–Kier alpha value is -3.19. The molecule has 2 aliphatic rings. The summed E-state index contributed by atoms with van der Waals surface area (Å²) in [5.74, 6) is -1.02. The van der Waals surface area contributed by atoms with E-state index in [1.165, 1.54) is 11.3 Å². The van der Waals surface area contributed by atoms with Crippen LogP contribution in [0.25, 0.3) is 10.2 Å². The fourth-order valence-electron chi connectivity index (χ4n) is 4.35. The Morgan fingerprint density at radius 3 is 2.55 bits per heavy atom. The number of thiazole rings is 1. The van der Waals surface area contributed by atoms with Crippen molar-refractivity contribution in [2.75, 3.05) is 5.32 Å². The molecule has 0 radical (unpaired) electrons. The SMILES string of the molecule is O=C(O)[C@@H]1[C@H](C(=O)Nc2nc3ccc(Oc4ccccc4)cc3s2)[C@@H]2C=C[C@H]1C2. The van der Waals surface area contributed by atoms with Crippen molar-refractivity contribution in [2.24, 2.45) is 23.7 Å². The van der Waals surface area contributed by atoms with Gasteiger partial charge in [0.05, 0.1) is 22.1 Å². The smallest absolute Gasteiger partial charge is 0.307 e. The van der Waals surface area contributed by atoms with Crippen LogP contribution in [0.2, 0.25) is 0 Å². The van der Waals surface area contributed by atoms with Gasteiger partial charge in [0.1, 0.15) is 11.5 Å². The molecule has 1 fully saturated rings. The average molecular weight is 406 g/mol. The minimum Gasteiger partial charge on any atom is -0.481 e. The zero-order chi connectivity index (χ0) is 20.0. The highest BCUT2D eigenvalue weighted by molar-refractivity contribution is 7.22. The highest BCUT2D eigenvalue weighted by atomic mass is 32.1. The van der Waals surface area contributed by atoms with Gasteiger partial charge in [-0.1, -0.05) is 41.7 Å². The van der Waals surface area contributed by atoms with Gasteiger partial charge in [0.2, 0.25) is 5.91 Å². The van der Waals surface area contributed by atoms with Gasteiger partial charge < -0.3 is 15.2 Å². The van der Waals surface area contributed by atoms with Crippen LogP contribution in [0.3, 0.4) is 0 Å². The zero-order valence-corrected chi connectivity index (χ0v) is 16.1. The number of carbonyl (C=O) groups is 2. The predicted octanol–water partition coefficient (Wildman–Crippen LogP) is 4.55. The number of carboxylic acids is 1. The first-order valence-electron chi connectivity index (χ1n) is 9.44. The number of rotatable bonds is 5. The summed E-state index contributed by atoms with van der Waals surface area (Å²) in [6.07, 6.45) is 4.63. The van der Waals surface area contributed by atoms with Crippen LogP contribution in [0.5, 0.6) is 11.5 Å². The third kappa shape index (κ3) is 3.27. The Bertz CT molecular complexity index is 1120. The van der Waals surface area contributed by atoms with E-state index < -0.39 is 17.8 Å². The molecule has 1 aromatic heterocycles. The van der Waals surface area contributed by atoms with E-state index in [2.05, 4.69) is 10.3 Å². The minimum atomic E-state index is -0.908. The number of nitrogens with one attached hydrogen (secondary N) is 1. The predicted molar refractivity (Wildman–Crippen MR) is 110 cm³/mol. The first kappa shape index (κ1) is 17.9. The number of hydrogen-bond acceptors (Lipinski definition) is 5. The van der Waals surface area contributed by atoms with Crippen LogP contribution in [0.1, 0.15) is 6.42 Å². The summed E-state index contributed by atoms with van der Waals surface area (Å²) < 4.78 is 6.74. The van der Waals surface area contributed by atoms with Crippen molar-refractivity contribution in [2.45, 2.75) is 6.42 Å². The van der Waals surface area contributed by atoms with Crippen molar-refractivity contribution >= 4 is 38.6 Å². The summed E-state index contributed by atoms with van der Waals surface area (Å²) in [5, 5.41) is 12.9. The fourth-order valence-corrected chi connectivity index (χ4v) is 5.25. The molecule has 1 saturated carbocycles. The highest BCUT2D eigenvalue weighted by Gasteiger charge is 2.51. The zero-order valence-electron chi connectivity index (χ0n) is 15.3. The van der Waals surface area contributed by atoms with Crippen molar-refractivity contribution in [3.63, 3.8) is 0 Å². The number of aliphatic carboxylic acids is 1. The first-order valence-corrected chi connectivity index (χ1v) is 10.3. The van der Waals surface area contributed by atoms with Crippen molar-refractivity contribution in [1.82, 2.24) is 4.98 Å². The molecule has 1 amide bonds. The Kier molecular flexibility index (Phi) is 4.32. The monoisotopic (exact) mass is 406 g/mol. The molecule has 3 aromatic rings. The lowest BCUT2D eigenvalue weighted by atomic mass is 9.82. The summed E-state index contributed by atoms with van der Waals surface area (Å²) in [6, 6.07) is 15.1. The van der Waals surface area contributed by atoms with Crippen LogP contribution >= 0.6 is 11.3 Å². The van der Waals surface area contributed by atoms with Crippen molar-refractivity contribution in [3.8, 4) is 11.5 Å². The van der Waals surface area contributed by atoms with E-state index in [1.807, 2.05) is 60.7 Å². The third-order valence-corrected chi connectivity index (χ3v) is 6.55. The number of allylic oxidation sites excluding steroid dienone is 2. The largest absolute Gasteiger partial charge is 0.481 e. The molecule has 4 atom stereocenters. The highest BCUT2D eigenvalue weighted by Crippen LogP contribution is 2.48. The molecular formula is C22H18N2O4S. The van der Waals surface area contributed by atoms with E-state index in [-0.39, 0.29) is 17.7 Å². The molecule has 6 nitrogen and oxygen atoms in total. The average Bonchev–Trinajstić information content (AvgIpc) is 3.42. The molecule has 0 spiro atoms. The van der Waals surface area contributed by atoms with Gasteiger partial charge in [0.25, 0.3) is 0 Å². The molecule has 146 valence electrons. The number of aromatic nitrogens is 1. The van der Waals surface area contributed by atoms with E-state index >= 15 is 0 Å². The standard InChI is InChI=1S/C22H18N2O4S/c25-20(18-12-6-7-13(10-12)19(18)21(26)27)24-22-23-16-9-8-15(11-17(16)29-22)28-14-4-2-1-3-5-14/h1-9,11-13,18-19H,10H2,(H,26,27)(H,23,24,25)/t12-,13+,18-,19+/m1/s1. The fraction of sp³-hybridized carbons (Fsp3) is 0.227. The van der Waals surface area contributed by atoms with Crippen LogP contribution in [0, 0.1) is 23.7 Å². The lowest BCUT2D eigenvalue weighted by Gasteiger charge is -2.23. The number of ether oxygens (including phenoxy) is 1. The molecule has 0 aliphatic heterocycles. The molecule has 2 aromatic carbocycles. The van der Waals surface area contributed by atoms with Crippen LogP contribution in [0.15, 0.2) is 60.7 Å². The summed E-state index contributed by atoms with van der Waals surface area (Å²) in [7, 11) is 0. The number of carboxylic acid groups (broad SMARTS) is 1. The number of nitrogens with zero attached hydrogens (tertiary/aromatic N) is 1. The van der Waals surface area contributed by atoms with E-state index in [0.29, 0.717) is 10.9 Å². The Morgan fingerprint density at radius 2 is 1.79 bits per heavy atom. The number of anilines is 1. The molecule has 5 rings (SSSR count). The van der Waals surface area contributed by atoms with Gasteiger partial charge in [-0.15, -0.1) is 0 Å². The third-order valence-electron chi connectivity index (χ3n) is 5.62. The number of amides is 1. The Morgan fingerprint density at radius 1 is 1.03 bits per heavy atom. The molecule has 7 heteroatoms. The maximum absolute atomic E-state index is 12.8. The lowest BCUT2D eigenvalue weighted by molar-refractivity contribution is -0.146. The summed E-state index contributed by atoms with van der Waals surface area (Å²) >= 11 is 1.35. The molecule has 2 aliphatic carbocycles. The number of para-hydroxylation sites is 1. The van der Waals surface area contributed by atoms with E-state index in [4.69, 9.17) is 4.74 Å². The Balaban J connectivity index is 1.35. The van der Waals surface area contributed by atoms with Gasteiger partial charge in [0, 0.05) is 6.07 Å². The molecular weight excluding hydrogens is 388 g/mol. The van der Waals surface area contributed by atoms with Gasteiger partial charge in [-0.05, 0) is 42.5 Å². The van der Waals surface area contributed by atoms with Gasteiger partial charge >= 0.3 is 5.97 Å². The quantitative estimate of drug-likeness (QED) is 0.607. The second kappa shape index (κ2) is 7.00. The normalized spacial score (nSPS) is 24.7. The molecule has 0 saturated heterocycles. The number of hydrogen-bond donors (Lipinski definition) is 2. The van der Waals surface area contributed by atoms with Gasteiger partial charge in [-0.2, -0.15) is 0 Å².